The van der Waals surface area contributed by atoms with Crippen LogP contribution in [0.4, 0.5) is 27.6 Å². The molecule has 1 aromatic heterocycles. The molecule has 20 nitrogen and oxygen atoms in total. The summed E-state index contributed by atoms with van der Waals surface area (Å²) in [6.45, 7) is 22.9. The zero-order valence-electron chi connectivity index (χ0n) is 55.9. The molecular formula is C74H81Cl2F3N8O12. The van der Waals surface area contributed by atoms with Crippen molar-refractivity contribution in [2.24, 2.45) is 5.84 Å². The topological polar surface area (TPSA) is 266 Å². The van der Waals surface area contributed by atoms with Gasteiger partial charge in [0, 0.05) is 90.1 Å². The highest BCUT2D eigenvalue weighted by Crippen LogP contribution is 2.43. The van der Waals surface area contributed by atoms with Gasteiger partial charge in [0.25, 0.3) is 0 Å². The lowest BCUT2D eigenvalue weighted by molar-refractivity contribution is -0.119. The molecule has 0 saturated carbocycles. The number of cyclic esters (lactones) is 3. The Hall–Kier alpha value is -10.1. The summed E-state index contributed by atoms with van der Waals surface area (Å²) < 4.78 is 63.2. The van der Waals surface area contributed by atoms with E-state index in [1.54, 1.807) is 113 Å². The Morgan fingerprint density at radius 2 is 0.869 bits per heavy atom. The number of ketones is 1. The van der Waals surface area contributed by atoms with Gasteiger partial charge < -0.3 is 43.8 Å². The zero-order chi connectivity index (χ0) is 72.6. The van der Waals surface area contributed by atoms with Crippen molar-refractivity contribution in [1.29, 1.82) is 0 Å². The van der Waals surface area contributed by atoms with Gasteiger partial charge in [-0.25, -0.2) is 38.2 Å². The summed E-state index contributed by atoms with van der Waals surface area (Å²) in [5.41, 5.74) is 5.71. The van der Waals surface area contributed by atoms with Gasteiger partial charge in [0.05, 0.1) is 35.6 Å². The monoisotopic (exact) mass is 1400 g/mol. The van der Waals surface area contributed by atoms with Crippen LogP contribution in [-0.2, 0) is 40.6 Å². The third-order valence-electron chi connectivity index (χ3n) is 17.0. The normalized spacial score (nSPS) is 18.6. The first kappa shape index (κ1) is 77.9. The van der Waals surface area contributed by atoms with E-state index in [0.29, 0.717) is 75.5 Å². The maximum atomic E-state index is 13.4. The fraction of sp³-hybridized carbons (Fsp3) is 0.311. The van der Waals surface area contributed by atoms with Crippen LogP contribution in [-0.4, -0.2) is 103 Å². The number of nitrogens with two attached hydrogens (primary N) is 1. The fourth-order valence-corrected chi connectivity index (χ4v) is 11.4. The molecule has 3 aliphatic heterocycles. The lowest BCUT2D eigenvalue weighted by atomic mass is 9.85. The molecule has 10 rings (SSSR count). The molecule has 25 heteroatoms. The molecule has 0 bridgehead atoms. The number of aromatic nitrogens is 2. The number of halogens is 5. The largest absolute Gasteiger partial charge is 0.478 e. The summed E-state index contributed by atoms with van der Waals surface area (Å²) in [6, 6.07) is 38.5. The number of benzene rings is 6. The minimum atomic E-state index is -0.995. The summed E-state index contributed by atoms with van der Waals surface area (Å²) in [5, 5.41) is 19.6. The Morgan fingerprint density at radius 1 is 0.556 bits per heavy atom. The summed E-state index contributed by atoms with van der Waals surface area (Å²) >= 11 is 9.53. The highest BCUT2D eigenvalue weighted by atomic mass is 35.5. The van der Waals surface area contributed by atoms with Crippen molar-refractivity contribution in [3.63, 3.8) is 0 Å². The third-order valence-corrected chi connectivity index (χ3v) is 17.0. The van der Waals surface area contributed by atoms with Crippen molar-refractivity contribution in [3.8, 4) is 11.5 Å². The van der Waals surface area contributed by atoms with Crippen molar-refractivity contribution in [3.05, 3.63) is 251 Å². The van der Waals surface area contributed by atoms with E-state index in [0.717, 1.165) is 38.9 Å². The number of Topliss-reactive ketones (excluding diaryl/α,β-unsaturated/α-hetero) is 1. The van der Waals surface area contributed by atoms with Gasteiger partial charge in [-0.15, -0.1) is 53.1 Å². The van der Waals surface area contributed by atoms with E-state index in [1.807, 2.05) is 50.5 Å². The molecule has 6 atom stereocenters. The molecule has 7 aromatic rings. The number of nitrogens with zero attached hydrogens (tertiary/aromatic N) is 5. The van der Waals surface area contributed by atoms with Crippen molar-refractivity contribution in [1.82, 2.24) is 35.6 Å². The quantitative estimate of drug-likeness (QED) is 0.0105. The lowest BCUT2D eigenvalue weighted by Crippen LogP contribution is -2.48. The summed E-state index contributed by atoms with van der Waals surface area (Å²) in [6.07, 6.45) is 6.78. The average molecular weight is 1400 g/mol. The number of aromatic carboxylic acids is 1. The number of amides is 5. The van der Waals surface area contributed by atoms with Crippen LogP contribution >= 0.6 is 23.2 Å². The number of rotatable bonds is 20. The molecule has 0 radical (unpaired) electrons. The molecular weight excluding hydrogens is 1320 g/mol. The first-order valence-electron chi connectivity index (χ1n) is 31.5. The predicted octanol–water partition coefficient (Wildman–Crippen LogP) is 15.4. The van der Waals surface area contributed by atoms with Crippen LogP contribution in [0, 0.1) is 24.4 Å². The Labute approximate surface area is 583 Å². The number of carboxylic acids is 1. The SMILES string of the molecule is C=CC[C@]1(c2ccc(F)cc2)CCN([C@@H](C)c2ccc(-c3nnc(C)o3)cc2)C(=O)O1.C=CC[C@]1(c2ccc(F)cc2)CCN([C@@H](C)c2ccc(C(=O)CNC(C)=O)cc2)C(=O)O1.C=CC[C@]1(c2ccc(F)cc2)CCN([C@@H](C)c2ccc(C(=O)O)cc2)C(=O)O1.CC(=O)NN.ClCCl. The maximum Gasteiger partial charge on any atom is 0.411 e. The molecule has 4 heterocycles. The minimum absolute atomic E-state index is 0.0581. The van der Waals surface area contributed by atoms with Crippen molar-refractivity contribution < 1.29 is 70.5 Å². The number of nitrogens with one attached hydrogen (secondary N) is 2. The number of carbonyl (C=O) groups is 7. The van der Waals surface area contributed by atoms with Crippen molar-refractivity contribution in [2.75, 3.05) is 31.5 Å². The fourth-order valence-electron chi connectivity index (χ4n) is 11.4. The molecule has 6 aromatic carbocycles. The predicted molar refractivity (Wildman–Crippen MR) is 369 cm³/mol. The molecule has 99 heavy (non-hydrogen) atoms. The van der Waals surface area contributed by atoms with E-state index in [2.05, 4.69) is 41.1 Å². The molecule has 3 fully saturated rings. The van der Waals surface area contributed by atoms with E-state index in [4.69, 9.17) is 46.9 Å². The van der Waals surface area contributed by atoms with Crippen LogP contribution in [0.5, 0.6) is 0 Å². The third kappa shape index (κ3) is 20.7. The molecule has 0 spiro atoms. The molecule has 524 valence electrons. The van der Waals surface area contributed by atoms with Crippen LogP contribution in [0.1, 0.15) is 151 Å². The molecule has 5 N–H and O–H groups in total. The van der Waals surface area contributed by atoms with Gasteiger partial charge in [-0.2, -0.15) is 0 Å². The van der Waals surface area contributed by atoms with Gasteiger partial charge in [0.2, 0.25) is 23.6 Å². The number of carbonyl (C=O) groups excluding carboxylic acids is 6. The van der Waals surface area contributed by atoms with E-state index in [1.165, 1.54) is 62.4 Å². The second-order valence-corrected chi connectivity index (χ2v) is 24.2. The number of hydrogen-bond acceptors (Lipinski definition) is 14. The molecule has 3 aliphatic rings. The molecule has 0 unspecified atom stereocenters. The first-order valence-corrected chi connectivity index (χ1v) is 32.6. The Kier molecular flexibility index (Phi) is 28.7. The van der Waals surface area contributed by atoms with Crippen LogP contribution in [0.15, 0.2) is 188 Å². The van der Waals surface area contributed by atoms with Crippen LogP contribution in [0.25, 0.3) is 11.5 Å². The van der Waals surface area contributed by atoms with Gasteiger partial charge in [-0.1, -0.05) is 103 Å². The van der Waals surface area contributed by atoms with Gasteiger partial charge in [-0.3, -0.25) is 19.8 Å². The second-order valence-electron chi connectivity index (χ2n) is 23.4. The van der Waals surface area contributed by atoms with E-state index in [-0.39, 0.29) is 70.6 Å². The number of alkyl halides is 2. The highest BCUT2D eigenvalue weighted by Gasteiger charge is 2.46. The highest BCUT2D eigenvalue weighted by molar-refractivity contribution is 6.40. The first-order chi connectivity index (χ1) is 47.2. The molecule has 5 amide bonds. The van der Waals surface area contributed by atoms with Crippen LogP contribution in [0.3, 0.4) is 0 Å². The summed E-state index contributed by atoms with van der Waals surface area (Å²) in [4.78, 5) is 87.4. The van der Waals surface area contributed by atoms with Crippen LogP contribution in [0.2, 0.25) is 0 Å². The number of hydrogen-bond donors (Lipinski definition) is 4. The number of ether oxygens (including phenoxy) is 3. The van der Waals surface area contributed by atoms with Crippen LogP contribution < -0.4 is 16.6 Å². The Bertz CT molecular complexity index is 3910. The smallest absolute Gasteiger partial charge is 0.411 e. The Morgan fingerprint density at radius 3 is 1.13 bits per heavy atom. The van der Waals surface area contributed by atoms with E-state index in [9.17, 15) is 46.7 Å². The van der Waals surface area contributed by atoms with Gasteiger partial charge >= 0.3 is 24.2 Å². The Balaban J connectivity index is 0.000000222. The standard InChI is InChI=1S/C25H27FN2O4.C24H24FN3O3.C22H22FNO4.C2H6N2O.CH2Cl2/c1-4-13-25(21-9-11-22(26)12-10-21)14-15-28(24(31)32-25)17(2)19-5-7-20(8-6-19)23(30)16-27-18(3)29;1-4-13-24(20-9-11-21(25)12-10-20)14-15-28(23(29)31-24)16(2)18-5-7-19(8-6-18)22-27-26-17(3)30-22;1-3-12-22(18-8-10-19(23)11-9-18)13-14-24(21(27)28-22)15(2)16-4-6-17(7-5-16)20(25)26;1-2(5)4-3;2-1-3/h4-12,17H,1,13-16H2,2-3H3,(H,27,29);4-12,16H,1,13-15H2,2-3H3;3-11,15H,1,12-14H2,2H3,(H,25,26);3H2,1H3,(H,4,5);1H2/t17-,25+;16-,24+;15-,22+;;/m000../s1. The molecule has 3 saturated heterocycles. The second kappa shape index (κ2) is 36.5. The summed E-state index contributed by atoms with van der Waals surface area (Å²) in [5.74, 6) is 2.85. The lowest BCUT2D eigenvalue weighted by Gasteiger charge is -2.43. The van der Waals surface area contributed by atoms with Crippen molar-refractivity contribution >= 4 is 65.0 Å². The maximum absolute atomic E-state index is 13.4. The number of carboxylic acid groups (broad SMARTS) is 1. The minimum Gasteiger partial charge on any atom is -0.478 e. The number of hydrazine groups is 1. The molecule has 0 aliphatic carbocycles. The van der Waals surface area contributed by atoms with Gasteiger partial charge in [0.15, 0.2) is 5.78 Å². The van der Waals surface area contributed by atoms with E-state index < -0.39 is 41.1 Å². The van der Waals surface area contributed by atoms with Gasteiger partial charge in [0.1, 0.15) is 34.3 Å². The van der Waals surface area contributed by atoms with E-state index >= 15 is 0 Å². The van der Waals surface area contributed by atoms with Gasteiger partial charge in [-0.05, 0) is 115 Å². The zero-order valence-corrected chi connectivity index (χ0v) is 57.4. The van der Waals surface area contributed by atoms with Crippen molar-refractivity contribution in [2.45, 2.75) is 115 Å². The summed E-state index contributed by atoms with van der Waals surface area (Å²) in [7, 11) is 0. The number of aryl methyl sites for hydroxylation is 1. The average Bonchev–Trinajstić information content (AvgIpc) is 1.06.